The van der Waals surface area contributed by atoms with Gasteiger partial charge in [-0.1, -0.05) is 6.07 Å². The van der Waals surface area contributed by atoms with Gasteiger partial charge in [0.1, 0.15) is 11.9 Å². The van der Waals surface area contributed by atoms with E-state index in [2.05, 4.69) is 21.3 Å². The first-order chi connectivity index (χ1) is 13.8. The average molecular weight is 384 g/mol. The number of hydrogen-bond acceptors (Lipinski definition) is 7. The largest absolute Gasteiger partial charge is 0.491 e. The molecule has 7 heteroatoms. The Morgan fingerprint density at radius 2 is 2.11 bits per heavy atom. The highest BCUT2D eigenvalue weighted by Gasteiger charge is 2.25. The maximum atomic E-state index is 6.11. The smallest absolute Gasteiger partial charge is 0.259 e. The molecule has 2 aliphatic heterocycles. The Hall–Kier alpha value is -2.38. The fraction of sp³-hybridized carbons (Fsp3) is 0.524. The van der Waals surface area contributed by atoms with Gasteiger partial charge in [0.05, 0.1) is 20.3 Å². The van der Waals surface area contributed by atoms with Crippen LogP contribution in [0.4, 0.5) is 5.82 Å². The number of methoxy groups -OCH3 is 1. The molecule has 0 aliphatic carbocycles. The van der Waals surface area contributed by atoms with E-state index in [4.69, 9.17) is 19.2 Å². The first-order valence-electron chi connectivity index (χ1n) is 9.99. The summed E-state index contributed by atoms with van der Waals surface area (Å²) in [5, 5.41) is 3.44. The maximum Gasteiger partial charge on any atom is 0.259 e. The van der Waals surface area contributed by atoms with Crippen LogP contribution in [0.3, 0.4) is 0 Å². The van der Waals surface area contributed by atoms with E-state index in [1.54, 1.807) is 13.3 Å². The summed E-state index contributed by atoms with van der Waals surface area (Å²) in [6.45, 7) is 4.14. The summed E-state index contributed by atoms with van der Waals surface area (Å²) in [5.41, 5.74) is 1.17. The van der Waals surface area contributed by atoms with E-state index >= 15 is 0 Å². The predicted molar refractivity (Wildman–Crippen MR) is 107 cm³/mol. The third-order valence-electron chi connectivity index (χ3n) is 5.32. The van der Waals surface area contributed by atoms with E-state index in [0.29, 0.717) is 24.3 Å². The molecule has 2 saturated heterocycles. The fourth-order valence-electron chi connectivity index (χ4n) is 3.79. The van der Waals surface area contributed by atoms with Crippen molar-refractivity contribution >= 4 is 5.82 Å². The van der Waals surface area contributed by atoms with Crippen molar-refractivity contribution in [2.45, 2.75) is 38.0 Å². The highest BCUT2D eigenvalue weighted by Crippen LogP contribution is 2.32. The topological polar surface area (TPSA) is 68.7 Å². The third kappa shape index (κ3) is 4.54. The Balaban J connectivity index is 1.62. The number of piperidine rings is 1. The van der Waals surface area contributed by atoms with Crippen molar-refractivity contribution in [3.05, 3.63) is 42.2 Å². The van der Waals surface area contributed by atoms with Crippen molar-refractivity contribution in [2.24, 2.45) is 0 Å². The van der Waals surface area contributed by atoms with E-state index in [0.717, 1.165) is 51.3 Å². The Morgan fingerprint density at radius 3 is 2.82 bits per heavy atom. The minimum absolute atomic E-state index is 0.0299. The summed E-state index contributed by atoms with van der Waals surface area (Å²) in [4.78, 5) is 11.5. The first kappa shape index (κ1) is 19.0. The zero-order chi connectivity index (χ0) is 19.2. The Bertz CT molecular complexity index is 747. The molecule has 0 spiro atoms. The molecule has 2 fully saturated rings. The molecule has 28 heavy (non-hydrogen) atoms. The molecule has 0 radical (unpaired) electrons. The van der Waals surface area contributed by atoms with Crippen LogP contribution in [0.5, 0.6) is 11.6 Å². The number of nitrogens with zero attached hydrogens (tertiary/aromatic N) is 3. The fourth-order valence-corrected chi connectivity index (χ4v) is 3.79. The Morgan fingerprint density at radius 1 is 1.21 bits per heavy atom. The minimum Gasteiger partial charge on any atom is -0.491 e. The zero-order valence-electron chi connectivity index (χ0n) is 16.3. The van der Waals surface area contributed by atoms with E-state index in [1.807, 2.05) is 24.4 Å². The van der Waals surface area contributed by atoms with Crippen LogP contribution in [0.25, 0.3) is 0 Å². The average Bonchev–Trinajstić information content (AvgIpc) is 3.26. The van der Waals surface area contributed by atoms with Crippen LogP contribution in [0.1, 0.15) is 24.8 Å². The van der Waals surface area contributed by atoms with Crippen LogP contribution in [-0.2, 0) is 11.3 Å². The molecule has 2 aliphatic rings. The lowest BCUT2D eigenvalue weighted by atomic mass is 10.0. The second-order valence-corrected chi connectivity index (χ2v) is 7.25. The van der Waals surface area contributed by atoms with Gasteiger partial charge in [-0.3, -0.25) is 4.98 Å². The second-order valence-electron chi connectivity index (χ2n) is 7.25. The Labute approximate surface area is 166 Å². The lowest BCUT2D eigenvalue weighted by Gasteiger charge is -2.36. The lowest BCUT2D eigenvalue weighted by Crippen LogP contribution is -2.43. The SMILES string of the molecule is COc1ccc(N(Cc2cccnc2)C2CCNCC2)nc1OC1CCOC1. The molecule has 7 nitrogen and oxygen atoms in total. The van der Waals surface area contributed by atoms with Crippen molar-refractivity contribution in [3.8, 4) is 11.6 Å². The van der Waals surface area contributed by atoms with E-state index in [-0.39, 0.29) is 6.10 Å². The summed E-state index contributed by atoms with van der Waals surface area (Å²) >= 11 is 0. The molecule has 0 aromatic carbocycles. The van der Waals surface area contributed by atoms with Crippen LogP contribution in [0, 0.1) is 0 Å². The molecule has 4 rings (SSSR count). The lowest BCUT2D eigenvalue weighted by molar-refractivity contribution is 0.135. The summed E-state index contributed by atoms with van der Waals surface area (Å²) in [5.74, 6) is 2.10. The van der Waals surface area contributed by atoms with Crippen LogP contribution >= 0.6 is 0 Å². The van der Waals surface area contributed by atoms with Gasteiger partial charge in [-0.25, -0.2) is 0 Å². The molecular formula is C21H28N4O3. The highest BCUT2D eigenvalue weighted by molar-refractivity contribution is 5.48. The maximum absolute atomic E-state index is 6.11. The molecule has 2 aromatic rings. The van der Waals surface area contributed by atoms with Gasteiger partial charge in [0.2, 0.25) is 0 Å². The van der Waals surface area contributed by atoms with Gasteiger partial charge < -0.3 is 24.4 Å². The van der Waals surface area contributed by atoms with Crippen molar-refractivity contribution in [3.63, 3.8) is 0 Å². The number of nitrogens with one attached hydrogen (secondary N) is 1. The summed E-state index contributed by atoms with van der Waals surface area (Å²) in [7, 11) is 1.65. The quantitative estimate of drug-likeness (QED) is 0.786. The van der Waals surface area contributed by atoms with Gasteiger partial charge in [-0.05, 0) is 49.7 Å². The monoisotopic (exact) mass is 384 g/mol. The van der Waals surface area contributed by atoms with Crippen molar-refractivity contribution in [2.75, 3.05) is 38.3 Å². The number of anilines is 1. The number of ether oxygens (including phenoxy) is 3. The van der Waals surface area contributed by atoms with Crippen LogP contribution in [0.15, 0.2) is 36.7 Å². The molecule has 150 valence electrons. The van der Waals surface area contributed by atoms with Crippen molar-refractivity contribution in [1.82, 2.24) is 15.3 Å². The van der Waals surface area contributed by atoms with E-state index < -0.39 is 0 Å². The summed E-state index contributed by atoms with van der Waals surface area (Å²) in [6.07, 6.45) is 6.80. The third-order valence-corrected chi connectivity index (χ3v) is 5.32. The van der Waals surface area contributed by atoms with E-state index in [9.17, 15) is 0 Å². The number of pyridine rings is 2. The number of rotatable bonds is 7. The molecule has 4 heterocycles. The van der Waals surface area contributed by atoms with Gasteiger partial charge in [-0.2, -0.15) is 4.98 Å². The molecule has 1 unspecified atom stereocenters. The van der Waals surface area contributed by atoms with Crippen molar-refractivity contribution < 1.29 is 14.2 Å². The second kappa shape index (κ2) is 9.21. The first-order valence-corrected chi connectivity index (χ1v) is 9.99. The normalized spacial score (nSPS) is 20.1. The number of aromatic nitrogens is 2. The van der Waals surface area contributed by atoms with Crippen LogP contribution in [-0.4, -0.2) is 55.5 Å². The molecule has 1 atom stereocenters. The molecule has 1 N–H and O–H groups in total. The standard InChI is InChI=1S/C21H28N4O3/c1-26-19-4-5-20(24-21(19)28-18-8-12-27-15-18)25(17-6-10-22-11-7-17)14-16-3-2-9-23-13-16/h2-5,9,13,17-18,22H,6-8,10-12,14-15H2,1H3. The molecular weight excluding hydrogens is 356 g/mol. The highest BCUT2D eigenvalue weighted by atomic mass is 16.6. The Kier molecular flexibility index (Phi) is 6.24. The van der Waals surface area contributed by atoms with Gasteiger partial charge in [0.15, 0.2) is 5.75 Å². The zero-order valence-corrected chi connectivity index (χ0v) is 16.3. The predicted octanol–water partition coefficient (Wildman–Crippen LogP) is 2.41. The molecule has 2 aromatic heterocycles. The number of hydrogen-bond donors (Lipinski definition) is 1. The summed E-state index contributed by atoms with van der Waals surface area (Å²) in [6, 6.07) is 8.48. The van der Waals surface area contributed by atoms with Gasteiger partial charge in [-0.15, -0.1) is 0 Å². The van der Waals surface area contributed by atoms with Crippen LogP contribution < -0.4 is 19.7 Å². The molecule has 0 bridgehead atoms. The van der Waals surface area contributed by atoms with Gasteiger partial charge >= 0.3 is 0 Å². The molecule has 0 saturated carbocycles. The summed E-state index contributed by atoms with van der Waals surface area (Å²) < 4.78 is 17.0. The van der Waals surface area contributed by atoms with Crippen LogP contribution in [0.2, 0.25) is 0 Å². The van der Waals surface area contributed by atoms with Gasteiger partial charge in [0.25, 0.3) is 5.88 Å². The van der Waals surface area contributed by atoms with Gasteiger partial charge in [0, 0.05) is 31.4 Å². The van der Waals surface area contributed by atoms with E-state index in [1.165, 1.54) is 5.56 Å². The minimum atomic E-state index is 0.0299. The van der Waals surface area contributed by atoms with Crippen molar-refractivity contribution in [1.29, 1.82) is 0 Å². The molecule has 0 amide bonds.